The van der Waals surface area contributed by atoms with E-state index in [-0.39, 0.29) is 0 Å². The highest BCUT2D eigenvalue weighted by Gasteiger charge is 2.16. The third kappa shape index (κ3) is 4.55. The van der Waals surface area contributed by atoms with Crippen molar-refractivity contribution in [3.05, 3.63) is 176 Å². The largest absolute Gasteiger partial charge is 0.456 e. The average Bonchev–Trinajstić information content (AvgIpc) is 3.64. The first-order valence-corrected chi connectivity index (χ1v) is 18.6. The topological polar surface area (TPSA) is 51.8 Å². The molecule has 0 aliphatic heterocycles. The molecule has 6 bridgehead atoms. The molecule has 9 aromatic carbocycles. The van der Waals surface area contributed by atoms with Gasteiger partial charge in [0, 0.05) is 27.1 Å². The fourth-order valence-corrected chi connectivity index (χ4v) is 8.77. The van der Waals surface area contributed by atoms with Gasteiger partial charge in [-0.1, -0.05) is 140 Å². The summed E-state index contributed by atoms with van der Waals surface area (Å²) >= 11 is 0. The van der Waals surface area contributed by atoms with Crippen LogP contribution in [0.5, 0.6) is 0 Å². The number of hydrogen-bond donors (Lipinski definition) is 0. The van der Waals surface area contributed by atoms with Gasteiger partial charge in [-0.25, -0.2) is 15.0 Å². The highest BCUT2D eigenvalue weighted by Crippen LogP contribution is 2.42. The van der Waals surface area contributed by atoms with Gasteiger partial charge in [0.2, 0.25) is 0 Å². The van der Waals surface area contributed by atoms with E-state index in [2.05, 4.69) is 146 Å². The molecule has 4 heteroatoms. The minimum Gasteiger partial charge on any atom is -0.456 e. The lowest BCUT2D eigenvalue weighted by Gasteiger charge is -2.15. The second-order valence-electron chi connectivity index (χ2n) is 14.3. The summed E-state index contributed by atoms with van der Waals surface area (Å²) in [6, 6.07) is 62.6. The van der Waals surface area contributed by atoms with Gasteiger partial charge in [0.05, 0.1) is 0 Å². The summed E-state index contributed by atoms with van der Waals surface area (Å²) in [6.45, 7) is 0. The molecule has 12 aromatic rings. The number of hydrogen-bond acceptors (Lipinski definition) is 4. The standard InChI is InChI=1S/C51H29N3O/c1-2-12-30(13-3-1)49-52-50-34-27-32(26-33(28-34)37-20-10-21-42-40-17-7-6-16-38(40)39-18-8-9-19-41(39)47(37)42)36-15-5-4-14-35(36)31-24-25-45-44(29-31)48-43(51(53-49)54-50)22-11-23-46(48)55-45/h1-29H. The van der Waals surface area contributed by atoms with Crippen LogP contribution in [0.4, 0.5) is 0 Å². The van der Waals surface area contributed by atoms with Crippen molar-refractivity contribution in [1.29, 1.82) is 0 Å². The number of nitrogens with zero attached hydrogens (tertiary/aromatic N) is 3. The van der Waals surface area contributed by atoms with Gasteiger partial charge in [-0.3, -0.25) is 0 Å². The van der Waals surface area contributed by atoms with Crippen LogP contribution >= 0.6 is 0 Å². The SMILES string of the molecule is c1ccc(-c2nc3nc(n2)c2cccc4oc5ccc(cc5c42)c2ccccc2c2cc(-c4cccc5c6ccccc6c6ccccc6c45)cc3c2)cc1. The maximum Gasteiger partial charge on any atom is 0.164 e. The first-order chi connectivity index (χ1) is 27.2. The zero-order chi connectivity index (χ0) is 36.0. The molecule has 3 heterocycles. The van der Waals surface area contributed by atoms with E-state index in [1.165, 1.54) is 32.3 Å². The molecular weight excluding hydrogens is 671 g/mol. The molecule has 0 atom stereocenters. The van der Waals surface area contributed by atoms with Gasteiger partial charge < -0.3 is 4.42 Å². The van der Waals surface area contributed by atoms with Crippen molar-refractivity contribution in [3.63, 3.8) is 0 Å². The summed E-state index contributed by atoms with van der Waals surface area (Å²) in [7, 11) is 0. The average molecular weight is 700 g/mol. The van der Waals surface area contributed by atoms with Gasteiger partial charge in [-0.05, 0) is 101 Å². The number of benzene rings is 9. The lowest BCUT2D eigenvalue weighted by molar-refractivity contribution is 0.669. The van der Waals surface area contributed by atoms with Gasteiger partial charge in [-0.15, -0.1) is 0 Å². The molecule has 0 unspecified atom stereocenters. The monoisotopic (exact) mass is 699 g/mol. The quantitative estimate of drug-likeness (QED) is 0.169. The Morgan fingerprint density at radius 3 is 1.69 bits per heavy atom. The second-order valence-corrected chi connectivity index (χ2v) is 14.3. The van der Waals surface area contributed by atoms with Crippen LogP contribution in [0, 0.1) is 0 Å². The molecule has 0 aliphatic rings. The summed E-state index contributed by atoms with van der Waals surface area (Å²) in [4.78, 5) is 15.7. The zero-order valence-corrected chi connectivity index (χ0v) is 29.5. The van der Waals surface area contributed by atoms with E-state index < -0.39 is 0 Å². The normalized spacial score (nSPS) is 12.0. The Hall–Kier alpha value is -7.43. The number of furan rings is 1. The fraction of sp³-hybridized carbons (Fsp3) is 0. The second kappa shape index (κ2) is 11.5. The number of fused-ring (bicyclic) bond motifs is 16. The first kappa shape index (κ1) is 30.1. The maximum atomic E-state index is 6.45. The molecule has 0 saturated carbocycles. The van der Waals surface area contributed by atoms with Gasteiger partial charge in [0.25, 0.3) is 0 Å². The Balaban J connectivity index is 1.32. The van der Waals surface area contributed by atoms with Gasteiger partial charge >= 0.3 is 0 Å². The molecule has 0 saturated heterocycles. The molecule has 3 aromatic heterocycles. The van der Waals surface area contributed by atoms with Crippen molar-refractivity contribution in [2.45, 2.75) is 0 Å². The summed E-state index contributed by atoms with van der Waals surface area (Å²) in [5.41, 5.74) is 6.04. The maximum absolute atomic E-state index is 6.45. The molecule has 55 heavy (non-hydrogen) atoms. The predicted octanol–water partition coefficient (Wildman–Crippen LogP) is 13.7. The lowest BCUT2D eigenvalue weighted by atomic mass is 9.89. The van der Waals surface area contributed by atoms with Crippen LogP contribution in [0.2, 0.25) is 0 Å². The van der Waals surface area contributed by atoms with Crippen LogP contribution in [0.25, 0.3) is 120 Å². The summed E-state index contributed by atoms with van der Waals surface area (Å²) in [5.74, 6) is 0.621. The Morgan fingerprint density at radius 1 is 0.309 bits per heavy atom. The van der Waals surface area contributed by atoms with E-state index in [1.807, 2.05) is 30.3 Å². The molecule has 0 amide bonds. The first-order valence-electron chi connectivity index (χ1n) is 18.6. The summed E-state index contributed by atoms with van der Waals surface area (Å²) in [5, 5.41) is 15.8. The third-order valence-electron chi connectivity index (χ3n) is 11.2. The molecule has 254 valence electrons. The van der Waals surface area contributed by atoms with Crippen molar-refractivity contribution >= 4 is 97.9 Å². The van der Waals surface area contributed by atoms with Crippen LogP contribution in [-0.2, 0) is 0 Å². The van der Waals surface area contributed by atoms with Crippen molar-refractivity contribution < 1.29 is 4.42 Å². The fourth-order valence-electron chi connectivity index (χ4n) is 8.77. The van der Waals surface area contributed by atoms with E-state index in [4.69, 9.17) is 19.4 Å². The number of aromatic nitrogens is 3. The zero-order valence-electron chi connectivity index (χ0n) is 29.5. The van der Waals surface area contributed by atoms with Crippen molar-refractivity contribution in [2.24, 2.45) is 0 Å². The minimum absolute atomic E-state index is 0.605. The van der Waals surface area contributed by atoms with Crippen LogP contribution in [0.15, 0.2) is 180 Å². The van der Waals surface area contributed by atoms with Crippen LogP contribution in [0.1, 0.15) is 0 Å². The van der Waals surface area contributed by atoms with E-state index in [9.17, 15) is 0 Å². The lowest BCUT2D eigenvalue weighted by Crippen LogP contribution is -1.94. The van der Waals surface area contributed by atoms with E-state index in [1.54, 1.807) is 0 Å². The van der Waals surface area contributed by atoms with Gasteiger partial charge in [0.1, 0.15) is 11.2 Å². The van der Waals surface area contributed by atoms with E-state index >= 15 is 0 Å². The molecule has 0 aliphatic carbocycles. The van der Waals surface area contributed by atoms with E-state index in [0.717, 1.165) is 70.9 Å². The van der Waals surface area contributed by atoms with Crippen molar-refractivity contribution in [3.8, 4) is 22.5 Å². The van der Waals surface area contributed by atoms with Crippen molar-refractivity contribution in [2.75, 3.05) is 0 Å². The Kier molecular flexibility index (Phi) is 6.31. The minimum atomic E-state index is 0.605. The third-order valence-corrected chi connectivity index (χ3v) is 11.2. The van der Waals surface area contributed by atoms with Crippen LogP contribution in [0.3, 0.4) is 0 Å². The highest BCUT2D eigenvalue weighted by atomic mass is 16.3. The molecule has 0 spiro atoms. The Morgan fingerprint density at radius 2 is 0.909 bits per heavy atom. The smallest absolute Gasteiger partial charge is 0.164 e. The van der Waals surface area contributed by atoms with Crippen LogP contribution < -0.4 is 0 Å². The predicted molar refractivity (Wildman–Crippen MR) is 229 cm³/mol. The van der Waals surface area contributed by atoms with Crippen LogP contribution in [-0.4, -0.2) is 15.0 Å². The molecular formula is C51H29N3O. The molecule has 4 nitrogen and oxygen atoms in total. The molecule has 0 N–H and O–H groups in total. The Labute approximate surface area is 314 Å². The summed E-state index contributed by atoms with van der Waals surface area (Å²) < 4.78 is 6.45. The molecule has 12 rings (SSSR count). The summed E-state index contributed by atoms with van der Waals surface area (Å²) in [6.07, 6.45) is 0. The van der Waals surface area contributed by atoms with Crippen molar-refractivity contribution in [1.82, 2.24) is 15.0 Å². The highest BCUT2D eigenvalue weighted by molar-refractivity contribution is 6.29. The van der Waals surface area contributed by atoms with Gasteiger partial charge in [0.15, 0.2) is 17.1 Å². The Bertz CT molecular complexity index is 3560. The molecule has 0 fully saturated rings. The van der Waals surface area contributed by atoms with Gasteiger partial charge in [-0.2, -0.15) is 0 Å². The number of rotatable bonds is 2. The molecule has 0 radical (unpaired) electrons. The van der Waals surface area contributed by atoms with E-state index in [0.29, 0.717) is 17.1 Å².